The van der Waals surface area contributed by atoms with Crippen molar-refractivity contribution in [1.82, 2.24) is 14.9 Å². The molecule has 1 aliphatic carbocycles. The molecule has 2 aromatic heterocycles. The van der Waals surface area contributed by atoms with Gasteiger partial charge in [-0.2, -0.15) is 0 Å². The summed E-state index contributed by atoms with van der Waals surface area (Å²) in [6.45, 7) is 1.78. The van der Waals surface area contributed by atoms with E-state index in [-0.39, 0.29) is 11.3 Å². The minimum Gasteiger partial charge on any atom is -0.354 e. The average Bonchev–Trinajstić information content (AvgIpc) is 3.25. The minimum atomic E-state index is -1.18. The number of amides is 1. The van der Waals surface area contributed by atoms with E-state index in [0.717, 1.165) is 31.0 Å². The molecule has 0 fully saturated rings. The molecule has 1 aliphatic rings. The lowest BCUT2D eigenvalue weighted by Crippen LogP contribution is -2.30. The molecule has 1 unspecified atom stereocenters. The molecule has 1 amide bonds. The van der Waals surface area contributed by atoms with Gasteiger partial charge in [0.2, 0.25) is 0 Å². The summed E-state index contributed by atoms with van der Waals surface area (Å²) in [7, 11) is 1.65. The molecule has 4 rings (SSSR count). The second kappa shape index (κ2) is 6.33. The third-order valence-corrected chi connectivity index (χ3v) is 5.44. The molecule has 0 spiro atoms. The maximum absolute atomic E-state index is 14.1. The summed E-state index contributed by atoms with van der Waals surface area (Å²) < 4.78 is 27.7. The number of aromatic nitrogens is 2. The first-order valence-electron chi connectivity index (χ1n) is 8.85. The van der Waals surface area contributed by atoms with Crippen molar-refractivity contribution in [2.24, 2.45) is 0 Å². The van der Waals surface area contributed by atoms with Crippen LogP contribution >= 0.6 is 0 Å². The molecular formula is C20H19F2N3O2. The number of halogens is 2. The number of pyridine rings is 1. The fourth-order valence-corrected chi connectivity index (χ4v) is 3.78. The Morgan fingerprint density at radius 3 is 2.78 bits per heavy atom. The van der Waals surface area contributed by atoms with Crippen LogP contribution in [0.25, 0.3) is 10.8 Å². The molecular weight excluding hydrogens is 352 g/mol. The Bertz CT molecular complexity index is 1090. The van der Waals surface area contributed by atoms with Crippen molar-refractivity contribution in [2.45, 2.75) is 32.2 Å². The van der Waals surface area contributed by atoms with Gasteiger partial charge in [-0.05, 0) is 54.8 Å². The number of aryl methyl sites for hydroxylation is 2. The SMILES string of the molecule is CC(c1c[nH]c(=O)c2c(F)c(F)ccc12)N(C)C(=O)c1cc2c([nH]1)CCC2. The Balaban J connectivity index is 1.72. The van der Waals surface area contributed by atoms with Crippen LogP contribution in [-0.4, -0.2) is 27.8 Å². The van der Waals surface area contributed by atoms with Gasteiger partial charge in [-0.25, -0.2) is 8.78 Å². The monoisotopic (exact) mass is 371 g/mol. The van der Waals surface area contributed by atoms with Crippen LogP contribution in [0.1, 0.15) is 46.7 Å². The Labute approximate surface area is 154 Å². The molecule has 27 heavy (non-hydrogen) atoms. The zero-order valence-electron chi connectivity index (χ0n) is 15.0. The van der Waals surface area contributed by atoms with E-state index in [0.29, 0.717) is 16.6 Å². The molecule has 5 nitrogen and oxygen atoms in total. The van der Waals surface area contributed by atoms with E-state index in [1.54, 1.807) is 14.0 Å². The largest absolute Gasteiger partial charge is 0.354 e. The molecule has 0 radical (unpaired) electrons. The van der Waals surface area contributed by atoms with E-state index in [9.17, 15) is 18.4 Å². The van der Waals surface area contributed by atoms with Gasteiger partial charge in [0.1, 0.15) is 5.69 Å². The number of fused-ring (bicyclic) bond motifs is 2. The van der Waals surface area contributed by atoms with Crippen LogP contribution in [0.3, 0.4) is 0 Å². The molecule has 1 atom stereocenters. The molecule has 2 heterocycles. The molecule has 0 saturated heterocycles. The van der Waals surface area contributed by atoms with Crippen molar-refractivity contribution >= 4 is 16.7 Å². The van der Waals surface area contributed by atoms with Gasteiger partial charge >= 0.3 is 0 Å². The maximum Gasteiger partial charge on any atom is 0.270 e. The lowest BCUT2D eigenvalue weighted by atomic mass is 10.0. The number of H-pyrrole nitrogens is 2. The van der Waals surface area contributed by atoms with Crippen molar-refractivity contribution in [3.63, 3.8) is 0 Å². The van der Waals surface area contributed by atoms with Crippen LogP contribution in [0.4, 0.5) is 8.78 Å². The second-order valence-electron chi connectivity index (χ2n) is 6.99. The number of nitrogens with one attached hydrogen (secondary N) is 2. The third-order valence-electron chi connectivity index (χ3n) is 5.44. The number of aromatic amines is 2. The van der Waals surface area contributed by atoms with Crippen LogP contribution in [0.15, 0.2) is 29.2 Å². The third kappa shape index (κ3) is 2.74. The standard InChI is InChI=1S/C20H19F2N3O2/c1-10(25(2)20(27)16-8-11-4-3-5-15(11)24-16)13-9-23-19(26)17-12(13)6-7-14(21)18(17)22/h6-10,24H,3-5H2,1-2H3,(H,23,26). The number of carbonyl (C=O) groups is 1. The zero-order chi connectivity index (χ0) is 19.3. The Morgan fingerprint density at radius 1 is 1.26 bits per heavy atom. The molecule has 140 valence electrons. The molecule has 0 bridgehead atoms. The van der Waals surface area contributed by atoms with E-state index in [2.05, 4.69) is 9.97 Å². The van der Waals surface area contributed by atoms with Gasteiger partial charge in [0, 0.05) is 18.9 Å². The molecule has 0 aliphatic heterocycles. The van der Waals surface area contributed by atoms with Crippen LogP contribution in [0.5, 0.6) is 0 Å². The van der Waals surface area contributed by atoms with Crippen LogP contribution in [0.2, 0.25) is 0 Å². The summed E-state index contributed by atoms with van der Waals surface area (Å²) >= 11 is 0. The van der Waals surface area contributed by atoms with Gasteiger partial charge in [0.25, 0.3) is 11.5 Å². The summed E-state index contributed by atoms with van der Waals surface area (Å²) in [4.78, 5) is 32.0. The summed E-state index contributed by atoms with van der Waals surface area (Å²) in [6.07, 6.45) is 4.45. The fourth-order valence-electron chi connectivity index (χ4n) is 3.78. The van der Waals surface area contributed by atoms with E-state index in [4.69, 9.17) is 0 Å². The van der Waals surface area contributed by atoms with Crippen LogP contribution < -0.4 is 5.56 Å². The molecule has 2 N–H and O–H groups in total. The maximum atomic E-state index is 14.1. The van der Waals surface area contributed by atoms with Crippen molar-refractivity contribution in [3.05, 3.63) is 68.9 Å². The van der Waals surface area contributed by atoms with Gasteiger partial charge in [0.15, 0.2) is 11.6 Å². The Kier molecular flexibility index (Phi) is 4.09. The predicted octanol–water partition coefficient (Wildman–Crippen LogP) is 3.46. The number of benzene rings is 1. The highest BCUT2D eigenvalue weighted by molar-refractivity contribution is 5.94. The lowest BCUT2D eigenvalue weighted by Gasteiger charge is -2.26. The Hall–Kier alpha value is -2.96. The summed E-state index contributed by atoms with van der Waals surface area (Å²) in [5.74, 6) is -2.46. The highest BCUT2D eigenvalue weighted by atomic mass is 19.2. The van der Waals surface area contributed by atoms with Gasteiger partial charge in [-0.1, -0.05) is 6.07 Å². The molecule has 0 saturated carbocycles. The highest BCUT2D eigenvalue weighted by Gasteiger charge is 2.25. The first-order chi connectivity index (χ1) is 12.9. The van der Waals surface area contributed by atoms with E-state index in [1.165, 1.54) is 22.7 Å². The molecule has 3 aromatic rings. The van der Waals surface area contributed by atoms with Gasteiger partial charge in [-0.3, -0.25) is 9.59 Å². The minimum absolute atomic E-state index is 0.196. The van der Waals surface area contributed by atoms with Crippen molar-refractivity contribution in [3.8, 4) is 0 Å². The number of nitrogens with zero attached hydrogens (tertiary/aromatic N) is 1. The van der Waals surface area contributed by atoms with E-state index < -0.39 is 23.2 Å². The fraction of sp³-hybridized carbons (Fsp3) is 0.300. The number of rotatable bonds is 3. The van der Waals surface area contributed by atoms with Crippen molar-refractivity contribution in [1.29, 1.82) is 0 Å². The quantitative estimate of drug-likeness (QED) is 0.740. The number of hydrogen-bond donors (Lipinski definition) is 2. The van der Waals surface area contributed by atoms with Crippen molar-refractivity contribution < 1.29 is 13.6 Å². The lowest BCUT2D eigenvalue weighted by molar-refractivity contribution is 0.0738. The molecule has 1 aromatic carbocycles. The normalized spacial score (nSPS) is 14.4. The van der Waals surface area contributed by atoms with Gasteiger partial charge in [0.05, 0.1) is 11.4 Å². The first-order valence-corrected chi connectivity index (χ1v) is 8.85. The van der Waals surface area contributed by atoms with Crippen LogP contribution in [-0.2, 0) is 12.8 Å². The summed E-state index contributed by atoms with van der Waals surface area (Å²) in [5.41, 5.74) is 2.63. The average molecular weight is 371 g/mol. The highest BCUT2D eigenvalue weighted by Crippen LogP contribution is 2.29. The Morgan fingerprint density at radius 2 is 2.04 bits per heavy atom. The smallest absolute Gasteiger partial charge is 0.270 e. The number of hydrogen-bond acceptors (Lipinski definition) is 2. The van der Waals surface area contributed by atoms with Gasteiger partial charge in [-0.15, -0.1) is 0 Å². The second-order valence-corrected chi connectivity index (χ2v) is 6.99. The molecule has 7 heteroatoms. The zero-order valence-corrected chi connectivity index (χ0v) is 15.0. The first kappa shape index (κ1) is 17.5. The predicted molar refractivity (Wildman–Crippen MR) is 97.8 cm³/mol. The van der Waals surface area contributed by atoms with Crippen LogP contribution in [0, 0.1) is 11.6 Å². The van der Waals surface area contributed by atoms with E-state index >= 15 is 0 Å². The van der Waals surface area contributed by atoms with E-state index in [1.807, 2.05) is 6.07 Å². The topological polar surface area (TPSA) is 69.0 Å². The van der Waals surface area contributed by atoms with Crippen molar-refractivity contribution in [2.75, 3.05) is 7.05 Å². The summed E-state index contributed by atoms with van der Waals surface area (Å²) in [6, 6.07) is 3.79. The van der Waals surface area contributed by atoms with Gasteiger partial charge < -0.3 is 14.9 Å². The summed E-state index contributed by atoms with van der Waals surface area (Å²) in [5, 5.41) is -0.0437. The number of carbonyl (C=O) groups excluding carboxylic acids is 1.